The van der Waals surface area contributed by atoms with Gasteiger partial charge in [-0.1, -0.05) is 28.1 Å². The minimum Gasteiger partial charge on any atom is -0.357 e. The zero-order valence-corrected chi connectivity index (χ0v) is 20.3. The van der Waals surface area contributed by atoms with Crippen molar-refractivity contribution in [3.8, 4) is 0 Å². The monoisotopic (exact) mass is 563 g/mol. The van der Waals surface area contributed by atoms with Crippen LogP contribution in [0.15, 0.2) is 33.7 Å². The molecule has 1 heterocycles. The van der Waals surface area contributed by atoms with Crippen LogP contribution in [0.4, 0.5) is 0 Å². The normalized spacial score (nSPS) is 18.3. The lowest BCUT2D eigenvalue weighted by Crippen LogP contribution is -2.48. The second-order valence-corrected chi connectivity index (χ2v) is 8.27. The van der Waals surface area contributed by atoms with Crippen LogP contribution in [0, 0.1) is 0 Å². The zero-order chi connectivity index (χ0) is 19.1. The first-order valence-corrected chi connectivity index (χ1v) is 10.7. The van der Waals surface area contributed by atoms with Crippen molar-refractivity contribution in [2.45, 2.75) is 51.2 Å². The van der Waals surface area contributed by atoms with Gasteiger partial charge >= 0.3 is 0 Å². The van der Waals surface area contributed by atoms with E-state index in [1.165, 1.54) is 5.56 Å². The third-order valence-electron chi connectivity index (χ3n) is 4.92. The summed E-state index contributed by atoms with van der Waals surface area (Å²) < 4.78 is 1.12. The predicted octanol–water partition coefficient (Wildman–Crippen LogP) is 2.87. The molecule has 28 heavy (non-hydrogen) atoms. The number of nitrogens with zero attached hydrogens (tertiary/aromatic N) is 2. The van der Waals surface area contributed by atoms with Gasteiger partial charge in [-0.25, -0.2) is 4.99 Å². The Morgan fingerprint density at radius 3 is 2.36 bits per heavy atom. The summed E-state index contributed by atoms with van der Waals surface area (Å²) in [6.45, 7) is 6.15. The highest BCUT2D eigenvalue weighted by Gasteiger charge is 2.23. The van der Waals surface area contributed by atoms with Gasteiger partial charge in [0.1, 0.15) is 6.54 Å². The van der Waals surface area contributed by atoms with E-state index in [1.54, 1.807) is 0 Å². The van der Waals surface area contributed by atoms with Crippen molar-refractivity contribution in [2.24, 2.45) is 4.99 Å². The van der Waals surface area contributed by atoms with Gasteiger partial charge in [-0.3, -0.25) is 9.69 Å². The Labute approximate surface area is 193 Å². The molecule has 0 aromatic heterocycles. The number of aliphatic imine (C=N–C) groups is 1. The van der Waals surface area contributed by atoms with Crippen LogP contribution in [0.1, 0.15) is 38.2 Å². The number of amides is 1. The Balaban J connectivity index is 0.00000280. The van der Waals surface area contributed by atoms with Crippen LogP contribution in [0.2, 0.25) is 0 Å². The number of guanidine groups is 1. The summed E-state index contributed by atoms with van der Waals surface area (Å²) >= 11 is 3.49. The minimum absolute atomic E-state index is 0. The van der Waals surface area contributed by atoms with E-state index in [4.69, 9.17) is 0 Å². The van der Waals surface area contributed by atoms with Crippen molar-refractivity contribution in [1.82, 2.24) is 20.9 Å². The molecule has 0 radical (unpaired) electrons. The fourth-order valence-corrected chi connectivity index (χ4v) is 3.51. The van der Waals surface area contributed by atoms with Gasteiger partial charge in [0, 0.05) is 42.7 Å². The number of halogens is 2. The second kappa shape index (κ2) is 12.0. The molecule has 0 unspecified atom stereocenters. The number of hydrogen-bond acceptors (Lipinski definition) is 3. The molecule has 6 nitrogen and oxygen atoms in total. The van der Waals surface area contributed by atoms with Crippen molar-refractivity contribution in [2.75, 3.05) is 26.2 Å². The number of benzene rings is 1. The zero-order valence-electron chi connectivity index (χ0n) is 16.4. The van der Waals surface area contributed by atoms with E-state index >= 15 is 0 Å². The molecule has 2 fully saturated rings. The van der Waals surface area contributed by atoms with Crippen LogP contribution < -0.4 is 16.0 Å². The van der Waals surface area contributed by atoms with Crippen molar-refractivity contribution >= 4 is 51.8 Å². The van der Waals surface area contributed by atoms with Gasteiger partial charge in [-0.05, 0) is 50.3 Å². The van der Waals surface area contributed by atoms with E-state index < -0.39 is 0 Å². The van der Waals surface area contributed by atoms with Crippen LogP contribution in [0.5, 0.6) is 0 Å². The second-order valence-electron chi connectivity index (χ2n) is 7.36. The average Bonchev–Trinajstić information content (AvgIpc) is 3.47. The molecule has 2 aliphatic rings. The Hall–Kier alpha value is -0.870. The maximum absolute atomic E-state index is 11.8. The summed E-state index contributed by atoms with van der Waals surface area (Å²) in [7, 11) is 0. The maximum Gasteiger partial charge on any atom is 0.242 e. The lowest BCUT2D eigenvalue weighted by atomic mass is 10.0. The molecule has 1 aromatic rings. The fraction of sp³-hybridized carbons (Fsp3) is 0.600. The van der Waals surface area contributed by atoms with Gasteiger partial charge < -0.3 is 16.0 Å². The van der Waals surface area contributed by atoms with Gasteiger partial charge in [-0.2, -0.15) is 0 Å². The van der Waals surface area contributed by atoms with Crippen molar-refractivity contribution in [1.29, 1.82) is 0 Å². The van der Waals surface area contributed by atoms with Gasteiger partial charge in [0.25, 0.3) is 0 Å². The van der Waals surface area contributed by atoms with Crippen molar-refractivity contribution < 1.29 is 4.79 Å². The Morgan fingerprint density at radius 1 is 1.11 bits per heavy atom. The molecule has 3 rings (SSSR count). The van der Waals surface area contributed by atoms with Gasteiger partial charge in [0.05, 0.1) is 0 Å². The lowest BCUT2D eigenvalue weighted by Gasteiger charge is -2.33. The molecule has 0 atom stereocenters. The number of rotatable bonds is 7. The van der Waals surface area contributed by atoms with E-state index in [1.807, 2.05) is 6.92 Å². The maximum atomic E-state index is 11.8. The molecule has 1 saturated heterocycles. The summed E-state index contributed by atoms with van der Waals surface area (Å²) in [5.74, 6) is 0.758. The summed E-state index contributed by atoms with van der Waals surface area (Å²) in [5.41, 5.74) is 1.35. The fourth-order valence-electron chi connectivity index (χ4n) is 3.25. The molecule has 1 aliphatic carbocycles. The number of carbonyl (C=O) groups excluding carboxylic acids is 1. The summed E-state index contributed by atoms with van der Waals surface area (Å²) in [5, 5.41) is 9.73. The van der Waals surface area contributed by atoms with Gasteiger partial charge in [0.15, 0.2) is 5.96 Å². The molecule has 0 spiro atoms. The standard InChI is InChI=1S/C20H30BrN5O.HI/c1-2-22-20(23-13-19(27)24-17-7-8-17)25-18-9-11-26(12-10-18)14-15-3-5-16(21)6-4-15;/h3-6,17-18H,2,7-14H2,1H3,(H,24,27)(H2,22,23,25);1H. The Morgan fingerprint density at radius 2 is 1.75 bits per heavy atom. The first-order valence-electron chi connectivity index (χ1n) is 9.93. The van der Waals surface area contributed by atoms with E-state index in [0.29, 0.717) is 12.1 Å². The molecule has 0 bridgehead atoms. The SMILES string of the molecule is CCNC(=NCC(=O)NC1CC1)NC1CCN(Cc2ccc(Br)cc2)CC1.I. The largest absolute Gasteiger partial charge is 0.357 e. The number of carbonyl (C=O) groups is 1. The topological polar surface area (TPSA) is 68.8 Å². The molecular formula is C20H31BrIN5O. The molecule has 1 amide bonds. The minimum atomic E-state index is 0. The third-order valence-corrected chi connectivity index (χ3v) is 5.44. The quantitative estimate of drug-likeness (QED) is 0.271. The number of likely N-dealkylation sites (tertiary alicyclic amines) is 1. The Bertz CT molecular complexity index is 643. The van der Waals surface area contributed by atoms with Crippen molar-refractivity contribution in [3.63, 3.8) is 0 Å². The third kappa shape index (κ3) is 8.24. The molecule has 156 valence electrons. The van der Waals surface area contributed by atoms with E-state index in [0.717, 1.165) is 62.3 Å². The molecule has 3 N–H and O–H groups in total. The number of hydrogen-bond donors (Lipinski definition) is 3. The highest BCUT2D eigenvalue weighted by Crippen LogP contribution is 2.18. The van der Waals surface area contributed by atoms with Crippen molar-refractivity contribution in [3.05, 3.63) is 34.3 Å². The van der Waals surface area contributed by atoms with Crippen LogP contribution >= 0.6 is 39.9 Å². The van der Waals surface area contributed by atoms with Crippen LogP contribution in [0.25, 0.3) is 0 Å². The first kappa shape index (κ1) is 23.4. The molecular weight excluding hydrogens is 533 g/mol. The highest BCUT2D eigenvalue weighted by atomic mass is 127. The smallest absolute Gasteiger partial charge is 0.242 e. The molecule has 1 saturated carbocycles. The van der Waals surface area contributed by atoms with E-state index in [2.05, 4.69) is 66.0 Å². The number of piperidine rings is 1. The molecule has 8 heteroatoms. The highest BCUT2D eigenvalue weighted by molar-refractivity contribution is 14.0. The van der Waals surface area contributed by atoms with Crippen LogP contribution in [-0.2, 0) is 11.3 Å². The lowest BCUT2D eigenvalue weighted by molar-refractivity contribution is -0.119. The van der Waals surface area contributed by atoms with Gasteiger partial charge in [0.2, 0.25) is 5.91 Å². The van der Waals surface area contributed by atoms with E-state index in [9.17, 15) is 4.79 Å². The van der Waals surface area contributed by atoms with E-state index in [-0.39, 0.29) is 36.4 Å². The Kier molecular flexibility index (Phi) is 10.0. The first-order chi connectivity index (χ1) is 13.1. The molecule has 1 aromatic carbocycles. The summed E-state index contributed by atoms with van der Waals surface area (Å²) in [6, 6.07) is 9.34. The van der Waals surface area contributed by atoms with Crippen LogP contribution in [0.3, 0.4) is 0 Å². The predicted molar refractivity (Wildman–Crippen MR) is 128 cm³/mol. The average molecular weight is 564 g/mol. The number of nitrogens with one attached hydrogen (secondary N) is 3. The van der Waals surface area contributed by atoms with Gasteiger partial charge in [-0.15, -0.1) is 24.0 Å². The summed E-state index contributed by atoms with van der Waals surface area (Å²) in [6.07, 6.45) is 4.36. The molecule has 1 aliphatic heterocycles. The summed E-state index contributed by atoms with van der Waals surface area (Å²) in [4.78, 5) is 18.8. The van der Waals surface area contributed by atoms with Crippen LogP contribution in [-0.4, -0.2) is 55.0 Å².